The van der Waals surface area contributed by atoms with Gasteiger partial charge in [-0.25, -0.2) is 0 Å². The highest BCUT2D eigenvalue weighted by molar-refractivity contribution is 6.30. The zero-order valence-corrected chi connectivity index (χ0v) is 15.3. The van der Waals surface area contributed by atoms with E-state index in [2.05, 4.69) is 15.5 Å². The topological polar surface area (TPSA) is 77.3 Å². The highest BCUT2D eigenvalue weighted by Crippen LogP contribution is 2.23. The number of nitrogens with zero attached hydrogens (tertiary/aromatic N) is 2. The normalized spacial score (nSPS) is 10.5. The Bertz CT molecular complexity index is 1080. The number of carbonyl (C=O) groups is 1. The minimum Gasteiger partial charge on any atom is -0.457 e. The predicted octanol–water partition coefficient (Wildman–Crippen LogP) is 5.43. The molecule has 0 radical (unpaired) electrons. The molecule has 0 spiro atoms. The molecule has 0 saturated heterocycles. The highest BCUT2D eigenvalue weighted by Gasteiger charge is 2.13. The molecule has 4 aromatic rings. The van der Waals surface area contributed by atoms with Gasteiger partial charge in [-0.05, 0) is 60.7 Å². The molecule has 1 N–H and O–H groups in total. The Hall–Kier alpha value is -3.64. The third-order valence-electron chi connectivity index (χ3n) is 3.83. The lowest BCUT2D eigenvalue weighted by molar-refractivity contribution is 0.102. The van der Waals surface area contributed by atoms with Gasteiger partial charge in [0.2, 0.25) is 5.89 Å². The van der Waals surface area contributed by atoms with Crippen LogP contribution in [-0.4, -0.2) is 16.1 Å². The fourth-order valence-electron chi connectivity index (χ4n) is 2.45. The smallest absolute Gasteiger partial charge is 0.322 e. The minimum atomic E-state index is -0.363. The second-order valence-electron chi connectivity index (χ2n) is 5.81. The first-order valence-corrected chi connectivity index (χ1v) is 8.79. The molecule has 0 unspecified atom stereocenters. The van der Waals surface area contributed by atoms with Crippen molar-refractivity contribution in [2.45, 2.75) is 0 Å². The number of nitrogens with one attached hydrogen (secondary N) is 1. The summed E-state index contributed by atoms with van der Waals surface area (Å²) >= 11 is 5.86. The number of aromatic nitrogens is 2. The number of ether oxygens (including phenoxy) is 1. The van der Waals surface area contributed by atoms with Crippen molar-refractivity contribution in [3.05, 3.63) is 89.4 Å². The largest absolute Gasteiger partial charge is 0.457 e. The number of benzene rings is 3. The molecule has 0 fully saturated rings. The summed E-state index contributed by atoms with van der Waals surface area (Å²) in [5, 5.41) is 11.0. The van der Waals surface area contributed by atoms with Crippen LogP contribution in [0.25, 0.3) is 11.5 Å². The summed E-state index contributed by atoms with van der Waals surface area (Å²) in [5.41, 5.74) is 1.14. The van der Waals surface area contributed by atoms with Gasteiger partial charge in [0.25, 0.3) is 5.91 Å². The molecule has 1 heterocycles. The monoisotopic (exact) mass is 391 g/mol. The summed E-state index contributed by atoms with van der Waals surface area (Å²) in [6.07, 6.45) is 0. The third kappa shape index (κ3) is 4.19. The van der Waals surface area contributed by atoms with Crippen LogP contribution in [0.2, 0.25) is 5.02 Å². The molecule has 1 aromatic heterocycles. The molecule has 138 valence electrons. The van der Waals surface area contributed by atoms with Crippen LogP contribution in [0.15, 0.2) is 83.3 Å². The van der Waals surface area contributed by atoms with Gasteiger partial charge in [0.05, 0.1) is 0 Å². The molecule has 3 aromatic carbocycles. The molecule has 6 nitrogen and oxygen atoms in total. The highest BCUT2D eigenvalue weighted by atomic mass is 35.5. The summed E-state index contributed by atoms with van der Waals surface area (Å²) in [6.45, 7) is 0. The molecule has 0 aliphatic heterocycles. The number of rotatable bonds is 5. The van der Waals surface area contributed by atoms with E-state index in [1.165, 1.54) is 0 Å². The summed E-state index contributed by atoms with van der Waals surface area (Å²) in [7, 11) is 0. The van der Waals surface area contributed by atoms with E-state index in [4.69, 9.17) is 20.8 Å². The Labute approximate surface area is 165 Å². The van der Waals surface area contributed by atoms with Crippen molar-refractivity contribution in [2.75, 3.05) is 5.32 Å². The first kappa shape index (κ1) is 17.8. The second kappa shape index (κ2) is 7.94. The summed E-state index contributed by atoms with van der Waals surface area (Å²) in [5.74, 6) is 1.28. The maximum absolute atomic E-state index is 12.4. The summed E-state index contributed by atoms with van der Waals surface area (Å²) < 4.78 is 11.2. The first-order valence-electron chi connectivity index (χ1n) is 8.41. The number of hydrogen-bond acceptors (Lipinski definition) is 5. The van der Waals surface area contributed by atoms with Crippen molar-refractivity contribution in [3.8, 4) is 23.0 Å². The Morgan fingerprint density at radius 2 is 1.54 bits per heavy atom. The SMILES string of the molecule is O=C(Nc1nnc(-c2ccc(Cl)cc2)o1)c1ccc(Oc2ccccc2)cc1. The Kier molecular flexibility index (Phi) is 5.03. The number of halogens is 1. The molecular formula is C21H14ClN3O3. The molecule has 4 rings (SSSR count). The predicted molar refractivity (Wildman–Crippen MR) is 106 cm³/mol. The van der Waals surface area contributed by atoms with Crippen molar-refractivity contribution in [1.82, 2.24) is 10.2 Å². The molecule has 0 aliphatic rings. The minimum absolute atomic E-state index is 0.0135. The van der Waals surface area contributed by atoms with Crippen molar-refractivity contribution in [2.24, 2.45) is 0 Å². The zero-order chi connectivity index (χ0) is 19.3. The molecule has 0 saturated carbocycles. The van der Waals surface area contributed by atoms with Gasteiger partial charge in [-0.15, -0.1) is 5.10 Å². The van der Waals surface area contributed by atoms with Crippen molar-refractivity contribution in [3.63, 3.8) is 0 Å². The van der Waals surface area contributed by atoms with Gasteiger partial charge in [0.15, 0.2) is 0 Å². The quantitative estimate of drug-likeness (QED) is 0.490. The molecular weight excluding hydrogens is 378 g/mol. The van der Waals surface area contributed by atoms with E-state index in [1.807, 2.05) is 30.3 Å². The lowest BCUT2D eigenvalue weighted by atomic mass is 10.2. The number of amides is 1. The van der Waals surface area contributed by atoms with E-state index in [-0.39, 0.29) is 11.9 Å². The first-order chi connectivity index (χ1) is 13.7. The van der Waals surface area contributed by atoms with Gasteiger partial charge in [0, 0.05) is 16.1 Å². The van der Waals surface area contributed by atoms with Gasteiger partial charge >= 0.3 is 6.01 Å². The maximum atomic E-state index is 12.4. The summed E-state index contributed by atoms with van der Waals surface area (Å²) in [4.78, 5) is 12.4. The molecule has 28 heavy (non-hydrogen) atoms. The van der Waals surface area contributed by atoms with Gasteiger partial charge < -0.3 is 9.15 Å². The fraction of sp³-hybridized carbons (Fsp3) is 0. The Balaban J connectivity index is 1.42. The second-order valence-corrected chi connectivity index (χ2v) is 6.25. The van der Waals surface area contributed by atoms with Crippen LogP contribution in [-0.2, 0) is 0 Å². The standard InChI is InChI=1S/C21H14ClN3O3/c22-16-10-6-15(7-11-16)20-24-25-21(28-20)23-19(26)14-8-12-18(13-9-14)27-17-4-2-1-3-5-17/h1-13H,(H,23,25,26). The van der Waals surface area contributed by atoms with E-state index in [0.717, 1.165) is 5.75 Å². The molecule has 0 atom stereocenters. The number of anilines is 1. The molecule has 0 aliphatic carbocycles. The van der Waals surface area contributed by atoms with E-state index in [1.54, 1.807) is 48.5 Å². The average molecular weight is 392 g/mol. The van der Waals surface area contributed by atoms with Crippen molar-refractivity contribution < 1.29 is 13.9 Å². The number of hydrogen-bond donors (Lipinski definition) is 1. The van der Waals surface area contributed by atoms with Crippen molar-refractivity contribution in [1.29, 1.82) is 0 Å². The van der Waals surface area contributed by atoms with E-state index in [0.29, 0.717) is 27.8 Å². The average Bonchev–Trinajstić information content (AvgIpc) is 3.18. The number of carbonyl (C=O) groups excluding carboxylic acids is 1. The van der Waals surface area contributed by atoms with E-state index >= 15 is 0 Å². The Morgan fingerprint density at radius 3 is 2.25 bits per heavy atom. The van der Waals surface area contributed by atoms with Crippen molar-refractivity contribution >= 4 is 23.5 Å². The van der Waals surface area contributed by atoms with Crippen LogP contribution in [0.3, 0.4) is 0 Å². The van der Waals surface area contributed by atoms with Gasteiger partial charge in [-0.3, -0.25) is 10.1 Å². The van der Waals surface area contributed by atoms with Crippen LogP contribution in [0, 0.1) is 0 Å². The third-order valence-corrected chi connectivity index (χ3v) is 4.08. The van der Waals surface area contributed by atoms with Crippen LogP contribution < -0.4 is 10.1 Å². The van der Waals surface area contributed by atoms with Crippen LogP contribution in [0.1, 0.15) is 10.4 Å². The van der Waals surface area contributed by atoms with E-state index < -0.39 is 0 Å². The van der Waals surface area contributed by atoms with Gasteiger partial charge in [-0.1, -0.05) is 34.9 Å². The summed E-state index contributed by atoms with van der Waals surface area (Å²) in [6, 6.07) is 23.1. The number of para-hydroxylation sites is 1. The van der Waals surface area contributed by atoms with Gasteiger partial charge in [0.1, 0.15) is 11.5 Å². The van der Waals surface area contributed by atoms with Crippen LogP contribution >= 0.6 is 11.6 Å². The van der Waals surface area contributed by atoms with Gasteiger partial charge in [-0.2, -0.15) is 0 Å². The molecule has 7 heteroatoms. The fourth-order valence-corrected chi connectivity index (χ4v) is 2.58. The van der Waals surface area contributed by atoms with E-state index in [9.17, 15) is 4.79 Å². The lowest BCUT2D eigenvalue weighted by Crippen LogP contribution is -2.11. The molecule has 0 bridgehead atoms. The lowest BCUT2D eigenvalue weighted by Gasteiger charge is -2.06. The van der Waals surface area contributed by atoms with Crippen LogP contribution in [0.5, 0.6) is 11.5 Å². The van der Waals surface area contributed by atoms with Crippen LogP contribution in [0.4, 0.5) is 6.01 Å². The zero-order valence-electron chi connectivity index (χ0n) is 14.5. The Morgan fingerprint density at radius 1 is 0.857 bits per heavy atom. The maximum Gasteiger partial charge on any atom is 0.322 e. The molecule has 1 amide bonds.